The topological polar surface area (TPSA) is 18.5 Å². The number of hydrogen-bond donors (Lipinski definition) is 0. The largest absolute Gasteiger partial charge is 0.350 e. The van der Waals surface area contributed by atoms with Crippen molar-refractivity contribution in [3.8, 4) is 0 Å². The van der Waals surface area contributed by atoms with E-state index >= 15 is 0 Å². The highest BCUT2D eigenvalue weighted by atomic mass is 32.2. The minimum atomic E-state index is 0.0908. The molecular formula is C8H14O2S2. The van der Waals surface area contributed by atoms with Gasteiger partial charge in [-0.2, -0.15) is 0 Å². The minimum Gasteiger partial charge on any atom is -0.350 e. The number of thioether (sulfide) groups is 2. The van der Waals surface area contributed by atoms with Crippen LogP contribution in [0.15, 0.2) is 0 Å². The zero-order valence-corrected chi connectivity index (χ0v) is 8.66. The van der Waals surface area contributed by atoms with Crippen LogP contribution in [0.2, 0.25) is 0 Å². The van der Waals surface area contributed by atoms with Gasteiger partial charge in [-0.3, -0.25) is 0 Å². The minimum absolute atomic E-state index is 0.0908. The second-order valence-corrected chi connectivity index (χ2v) is 5.85. The first-order valence-corrected chi connectivity index (χ1v) is 6.51. The second-order valence-electron chi connectivity index (χ2n) is 2.93. The molecule has 12 heavy (non-hydrogen) atoms. The number of rotatable bonds is 2. The molecule has 0 aliphatic carbocycles. The molecule has 0 atom stereocenters. The van der Waals surface area contributed by atoms with Gasteiger partial charge in [-0.05, 0) is 17.9 Å². The quantitative estimate of drug-likeness (QED) is 0.687. The van der Waals surface area contributed by atoms with Crippen LogP contribution in [0, 0.1) is 0 Å². The first-order valence-electron chi connectivity index (χ1n) is 4.41. The highest BCUT2D eigenvalue weighted by molar-refractivity contribution is 8.17. The predicted molar refractivity (Wildman–Crippen MR) is 53.6 cm³/mol. The molecule has 0 aromatic rings. The summed E-state index contributed by atoms with van der Waals surface area (Å²) in [5, 5.41) is 0. The van der Waals surface area contributed by atoms with Gasteiger partial charge in [0.2, 0.25) is 0 Å². The molecule has 0 bridgehead atoms. The molecule has 2 saturated heterocycles. The maximum atomic E-state index is 5.41. The van der Waals surface area contributed by atoms with E-state index < -0.39 is 0 Å². The van der Waals surface area contributed by atoms with E-state index in [1.54, 1.807) is 0 Å². The van der Waals surface area contributed by atoms with Crippen LogP contribution >= 0.6 is 23.5 Å². The van der Waals surface area contributed by atoms with Gasteiger partial charge >= 0.3 is 0 Å². The molecule has 0 N–H and O–H groups in total. The molecule has 0 radical (unpaired) electrons. The SMILES string of the molecule is C1CSC(CC2OCCO2)SC1. The summed E-state index contributed by atoms with van der Waals surface area (Å²) in [4.78, 5) is 0. The molecule has 2 aliphatic heterocycles. The standard InChI is InChI=1S/C8H14O2S2/c1-4-11-8(12-5-1)6-7-9-2-3-10-7/h7-8H,1-6H2. The van der Waals surface area contributed by atoms with Crippen molar-refractivity contribution in [3.05, 3.63) is 0 Å². The van der Waals surface area contributed by atoms with Crippen molar-refractivity contribution in [1.29, 1.82) is 0 Å². The zero-order chi connectivity index (χ0) is 8.23. The van der Waals surface area contributed by atoms with E-state index in [2.05, 4.69) is 23.5 Å². The summed E-state index contributed by atoms with van der Waals surface area (Å²) in [6, 6.07) is 0. The first-order chi connectivity index (χ1) is 5.95. The molecule has 0 amide bonds. The Balaban J connectivity index is 1.69. The number of ether oxygens (including phenoxy) is 2. The second kappa shape index (κ2) is 4.74. The fourth-order valence-corrected chi connectivity index (χ4v) is 4.25. The smallest absolute Gasteiger partial charge is 0.159 e. The van der Waals surface area contributed by atoms with Crippen molar-refractivity contribution in [2.75, 3.05) is 24.7 Å². The zero-order valence-electron chi connectivity index (χ0n) is 7.03. The average molecular weight is 206 g/mol. The Bertz CT molecular complexity index is 131. The lowest BCUT2D eigenvalue weighted by molar-refractivity contribution is -0.0434. The molecule has 2 fully saturated rings. The summed E-state index contributed by atoms with van der Waals surface area (Å²) in [7, 11) is 0. The maximum Gasteiger partial charge on any atom is 0.159 e. The Hall–Kier alpha value is 0.620. The molecule has 0 aromatic carbocycles. The van der Waals surface area contributed by atoms with E-state index in [1.807, 2.05) is 0 Å². The van der Waals surface area contributed by atoms with Crippen LogP contribution in [0.4, 0.5) is 0 Å². The molecule has 0 aromatic heterocycles. The normalized spacial score (nSPS) is 28.0. The van der Waals surface area contributed by atoms with Crippen molar-refractivity contribution >= 4 is 23.5 Å². The third kappa shape index (κ3) is 2.55. The van der Waals surface area contributed by atoms with Gasteiger partial charge in [0.25, 0.3) is 0 Å². The van der Waals surface area contributed by atoms with Gasteiger partial charge in [0, 0.05) is 6.42 Å². The van der Waals surface area contributed by atoms with E-state index in [0.717, 1.165) is 19.6 Å². The van der Waals surface area contributed by atoms with Crippen LogP contribution in [0.5, 0.6) is 0 Å². The van der Waals surface area contributed by atoms with Crippen molar-refractivity contribution in [3.63, 3.8) is 0 Å². The molecule has 0 saturated carbocycles. The van der Waals surface area contributed by atoms with Crippen molar-refractivity contribution < 1.29 is 9.47 Å². The lowest BCUT2D eigenvalue weighted by Gasteiger charge is -2.22. The predicted octanol–water partition coefficient (Wildman–Crippen LogP) is 1.95. The monoisotopic (exact) mass is 206 g/mol. The fourth-order valence-electron chi connectivity index (χ4n) is 1.37. The van der Waals surface area contributed by atoms with Crippen molar-refractivity contribution in [2.24, 2.45) is 0 Å². The van der Waals surface area contributed by atoms with Crippen LogP contribution in [0.3, 0.4) is 0 Å². The van der Waals surface area contributed by atoms with E-state index in [0.29, 0.717) is 4.58 Å². The molecule has 4 heteroatoms. The molecular weight excluding hydrogens is 192 g/mol. The van der Waals surface area contributed by atoms with Gasteiger partial charge < -0.3 is 9.47 Å². The first kappa shape index (κ1) is 9.19. The summed E-state index contributed by atoms with van der Waals surface area (Å²) in [5.41, 5.74) is 0. The van der Waals surface area contributed by atoms with Gasteiger partial charge in [-0.25, -0.2) is 0 Å². The molecule has 2 aliphatic rings. The Labute approximate surface area is 81.8 Å². The summed E-state index contributed by atoms with van der Waals surface area (Å²) >= 11 is 4.11. The third-order valence-corrected chi connectivity index (χ3v) is 4.97. The maximum absolute atomic E-state index is 5.41. The molecule has 0 unspecified atom stereocenters. The van der Waals surface area contributed by atoms with Crippen molar-refractivity contribution in [2.45, 2.75) is 23.7 Å². The Kier molecular flexibility index (Phi) is 3.63. The van der Waals surface area contributed by atoms with Crippen LogP contribution in [0.25, 0.3) is 0 Å². The Morgan fingerprint density at radius 3 is 2.42 bits per heavy atom. The Morgan fingerprint density at radius 1 is 1.08 bits per heavy atom. The Morgan fingerprint density at radius 2 is 1.75 bits per heavy atom. The highest BCUT2D eigenvalue weighted by Crippen LogP contribution is 2.34. The van der Waals surface area contributed by atoms with E-state index in [-0.39, 0.29) is 6.29 Å². The van der Waals surface area contributed by atoms with Crippen LogP contribution in [0.1, 0.15) is 12.8 Å². The van der Waals surface area contributed by atoms with Crippen molar-refractivity contribution in [1.82, 2.24) is 0 Å². The molecule has 2 rings (SSSR count). The summed E-state index contributed by atoms with van der Waals surface area (Å²) in [5.74, 6) is 2.62. The van der Waals surface area contributed by atoms with Gasteiger partial charge in [-0.15, -0.1) is 23.5 Å². The molecule has 2 heterocycles. The summed E-state index contributed by atoms with van der Waals surface area (Å²) in [6.07, 6.45) is 2.51. The lowest BCUT2D eigenvalue weighted by Crippen LogP contribution is -2.17. The molecule has 70 valence electrons. The molecule has 0 spiro atoms. The van der Waals surface area contributed by atoms with E-state index in [9.17, 15) is 0 Å². The fraction of sp³-hybridized carbons (Fsp3) is 1.00. The van der Waals surface area contributed by atoms with Gasteiger partial charge in [0.15, 0.2) is 6.29 Å². The van der Waals surface area contributed by atoms with Crippen LogP contribution < -0.4 is 0 Å². The van der Waals surface area contributed by atoms with E-state index in [4.69, 9.17) is 9.47 Å². The average Bonchev–Trinajstić information content (AvgIpc) is 2.59. The third-order valence-electron chi connectivity index (χ3n) is 1.97. The van der Waals surface area contributed by atoms with Crippen LogP contribution in [-0.4, -0.2) is 35.6 Å². The van der Waals surface area contributed by atoms with E-state index in [1.165, 1.54) is 17.9 Å². The number of hydrogen-bond acceptors (Lipinski definition) is 4. The summed E-state index contributed by atoms with van der Waals surface area (Å²) < 4.78 is 11.5. The van der Waals surface area contributed by atoms with Gasteiger partial charge in [0.1, 0.15) is 0 Å². The summed E-state index contributed by atoms with van der Waals surface area (Å²) in [6.45, 7) is 1.57. The molecule has 2 nitrogen and oxygen atoms in total. The van der Waals surface area contributed by atoms with Crippen LogP contribution in [-0.2, 0) is 9.47 Å². The highest BCUT2D eigenvalue weighted by Gasteiger charge is 2.23. The van der Waals surface area contributed by atoms with Gasteiger partial charge in [0.05, 0.1) is 17.8 Å². The lowest BCUT2D eigenvalue weighted by atomic mass is 10.5. The van der Waals surface area contributed by atoms with Gasteiger partial charge in [-0.1, -0.05) is 0 Å².